The summed E-state index contributed by atoms with van der Waals surface area (Å²) < 4.78 is 521. The predicted octanol–water partition coefficient (Wildman–Crippen LogP) is -21.0. The van der Waals surface area contributed by atoms with Gasteiger partial charge in [0.25, 0.3) is 0 Å². The smallest absolute Gasteiger partial charge is 0.381 e. The molecule has 0 fully saturated rings. The second-order valence-corrected chi connectivity index (χ2v) is 210. The highest BCUT2D eigenvalue weighted by molar-refractivity contribution is 7.86. The van der Waals surface area contributed by atoms with Crippen molar-refractivity contribution in [3.8, 4) is 0 Å². The van der Waals surface area contributed by atoms with Crippen LogP contribution in [0.25, 0.3) is 0 Å². The van der Waals surface area contributed by atoms with Crippen molar-refractivity contribution in [1.82, 2.24) is 0 Å². The maximum atomic E-state index is 12.8. The molecule has 0 aromatic rings. The largest absolute Gasteiger partial charge is 0.381 e. The van der Waals surface area contributed by atoms with Crippen molar-refractivity contribution in [2.45, 2.75) is 0 Å². The first-order valence-corrected chi connectivity index (χ1v) is 118. The lowest BCUT2D eigenvalue weighted by molar-refractivity contribution is 0.531. The van der Waals surface area contributed by atoms with E-state index in [0.29, 0.717) is 0 Å². The number of hydrogen-bond acceptors (Lipinski definition) is 42. The molecule has 0 saturated carbocycles. The molecule has 0 aromatic carbocycles. The summed E-state index contributed by atoms with van der Waals surface area (Å²) in [5.74, 6) is 0. The van der Waals surface area contributed by atoms with Crippen LogP contribution in [0, 0.1) is 0 Å². The SMILES string of the molecule is O=[Si][Si](=O)[Si](=O)[Si](=O)[Si](=O)[Si](=O)[Si](=O)[Si](=O)[Si](=O)[Si](=O)[Si](=O)[Si](=O)[Si](=O)[Si](=O)[Si](=O)[Si](=O)[Si](=O)[Si](=O)[Si](=O)[Si](=O)[Si](=O)[Si](=O)[Si](=O)[Si](=O)[Si](=O)[Si](=O)[Si](=O)[Si](=O)[Si](=O)[Si](=O)[Si](=O)[Si](=O)[Si](=O)[Si](=O)[Si](=O)[Si](=O)[Si](=O)[Si](=O)[Si](=O)[Si](=O)[Si](=O)[Si]=O. The summed E-state index contributed by atoms with van der Waals surface area (Å²) >= 11 is 0. The van der Waals surface area contributed by atoms with E-state index >= 15 is 0 Å². The standard InChI is InChI=1S/O42Si42/c1-43-45(3)47(5)49(7)51(9)53(11)55(13)57(15)59(17)61(19)63(21)65(23)67(25)69(27)71(29)73(31)75(33)77(35)79(37)81(39)83(41)84(42)82(40)80(38)78(36)76(34)74(32)72(30)70(28)68(26)66(24)64(22)62(20)60(18)58(16)56(14)54(12)52(10)50(8)48(6)46(4)44-2. The van der Waals surface area contributed by atoms with Gasteiger partial charge in [-0.1, -0.05) is 0 Å². The average Bonchev–Trinajstić information content (AvgIpc) is 3.71. The van der Waals surface area contributed by atoms with Crippen molar-refractivity contribution in [2.24, 2.45) is 0 Å². The molecule has 0 spiro atoms. The van der Waals surface area contributed by atoms with E-state index in [2.05, 4.69) is 0 Å². The molecule has 84 heavy (non-hydrogen) atoms. The molecule has 0 unspecified atom stereocenters. The van der Waals surface area contributed by atoms with Crippen LogP contribution in [0.4, 0.5) is 0 Å². The van der Waals surface area contributed by atoms with E-state index in [9.17, 15) is 187 Å². The maximum absolute atomic E-state index is 12.8. The summed E-state index contributed by atoms with van der Waals surface area (Å²) in [4.78, 5) is 0. The highest BCUT2D eigenvalue weighted by atomic mass is 30.2. The van der Waals surface area contributed by atoms with E-state index in [1.54, 1.807) is 0 Å². The van der Waals surface area contributed by atoms with Gasteiger partial charge >= 0.3 is 327 Å². The summed E-state index contributed by atoms with van der Waals surface area (Å²) in [5.41, 5.74) is 0. The van der Waals surface area contributed by atoms with Crippen LogP contribution >= 0.6 is 0 Å². The Hall–Kier alpha value is 0.709. The minimum atomic E-state index is -4.86. The van der Waals surface area contributed by atoms with Gasteiger partial charge < -0.3 is 187 Å². The van der Waals surface area contributed by atoms with Crippen LogP contribution in [-0.2, 0) is 187 Å². The van der Waals surface area contributed by atoms with Crippen LogP contribution in [0.15, 0.2) is 0 Å². The van der Waals surface area contributed by atoms with Crippen molar-refractivity contribution in [3.05, 3.63) is 0 Å². The van der Waals surface area contributed by atoms with Gasteiger partial charge in [0.1, 0.15) is 0 Å². The number of hydrogen-bond donors (Lipinski definition) is 0. The molecule has 0 bridgehead atoms. The van der Waals surface area contributed by atoms with Crippen molar-refractivity contribution in [1.29, 1.82) is 0 Å². The Morgan fingerprint density at radius 2 is 0.143 bits per heavy atom. The molecule has 0 rings (SSSR count). The molecule has 0 amide bonds. The van der Waals surface area contributed by atoms with Crippen LogP contribution in [-0.4, -0.2) is 327 Å². The fraction of sp³-hybridized carbons (Fsp3) is 0. The van der Waals surface area contributed by atoms with Crippen molar-refractivity contribution >= 4 is 327 Å². The zero-order chi connectivity index (χ0) is 66.5. The highest BCUT2D eigenvalue weighted by Crippen LogP contribution is 1.92. The topological polar surface area (TPSA) is 717 Å². The highest BCUT2D eigenvalue weighted by Gasteiger charge is 2.60. The van der Waals surface area contributed by atoms with Gasteiger partial charge in [-0.2, -0.15) is 0 Å². The van der Waals surface area contributed by atoms with Gasteiger partial charge in [-0.3, -0.25) is 0 Å². The normalized spacial score (nSPS) is 9.76. The number of rotatable bonds is 41. The van der Waals surface area contributed by atoms with E-state index in [1.807, 2.05) is 0 Å². The molecule has 420 valence electrons. The summed E-state index contributed by atoms with van der Waals surface area (Å²) in [7, 11) is -188. The lowest BCUT2D eigenvalue weighted by atomic mass is 15.9. The monoisotopic (exact) mass is 1850 g/mol. The first-order valence-electron chi connectivity index (χ1n) is 18.8. The third-order valence-corrected chi connectivity index (χ3v) is 323. The van der Waals surface area contributed by atoms with Gasteiger partial charge in [0, 0.05) is 0 Å². The minimum Gasteiger partial charge on any atom is -0.381 e. The Morgan fingerprint density at radius 1 is 0.0952 bits per heavy atom. The minimum absolute atomic E-state index is 1.81. The summed E-state index contributed by atoms with van der Waals surface area (Å²) in [5, 5.41) is 0. The third-order valence-electron chi connectivity index (χ3n) is 8.23. The molecule has 0 aliphatic carbocycles. The van der Waals surface area contributed by atoms with Crippen LogP contribution in [0.2, 0.25) is 0 Å². The van der Waals surface area contributed by atoms with Crippen LogP contribution in [0.3, 0.4) is 0 Å². The molecule has 0 saturated heterocycles. The van der Waals surface area contributed by atoms with Gasteiger partial charge in [-0.05, 0) is 0 Å². The Balaban J connectivity index is 5.99. The predicted molar refractivity (Wildman–Crippen MR) is 271 cm³/mol. The first-order chi connectivity index (χ1) is 38.3. The zero-order valence-corrected chi connectivity index (χ0v) is 80.1. The van der Waals surface area contributed by atoms with Gasteiger partial charge in [0.15, 0.2) is 0 Å². The Morgan fingerprint density at radius 3 is 0.190 bits per heavy atom. The van der Waals surface area contributed by atoms with E-state index in [1.165, 1.54) is 0 Å². The second-order valence-electron chi connectivity index (χ2n) is 13.4. The molecule has 0 aromatic heterocycles. The summed E-state index contributed by atoms with van der Waals surface area (Å²) in [6.45, 7) is 0. The summed E-state index contributed by atoms with van der Waals surface area (Å²) in [6.07, 6.45) is 0. The maximum Gasteiger partial charge on any atom is 0.381 e. The quantitative estimate of drug-likeness (QED) is 0.0513. The molecule has 2 radical (unpaired) electrons. The lowest BCUT2D eigenvalue weighted by Crippen LogP contribution is -2.58. The van der Waals surface area contributed by atoms with Crippen LogP contribution < -0.4 is 0 Å². The molecule has 0 aliphatic heterocycles. The van der Waals surface area contributed by atoms with E-state index in [4.69, 9.17) is 0 Å². The van der Waals surface area contributed by atoms with Crippen molar-refractivity contribution in [3.63, 3.8) is 0 Å². The lowest BCUT2D eigenvalue weighted by Gasteiger charge is -1.93. The molecule has 42 nitrogen and oxygen atoms in total. The van der Waals surface area contributed by atoms with Gasteiger partial charge in [-0.15, -0.1) is 0 Å². The van der Waals surface area contributed by atoms with Gasteiger partial charge in [-0.25, -0.2) is 0 Å². The fourth-order valence-corrected chi connectivity index (χ4v) is 472. The molecule has 0 N–H and O–H groups in total. The Kier molecular flexibility index (Phi) is 38.4. The summed E-state index contributed by atoms with van der Waals surface area (Å²) in [6, 6.07) is 0. The second kappa shape index (κ2) is 38.0. The first kappa shape index (κ1) is 84.7. The van der Waals surface area contributed by atoms with Gasteiger partial charge in [0.05, 0.1) is 0 Å². The average molecular weight is 1850 g/mol. The van der Waals surface area contributed by atoms with E-state index in [0.717, 1.165) is 0 Å². The van der Waals surface area contributed by atoms with Crippen molar-refractivity contribution < 1.29 is 187 Å². The Labute approximate surface area is 507 Å². The molecular weight excluding hydrogens is 1850 g/mol. The Bertz CT molecular complexity index is 3580. The van der Waals surface area contributed by atoms with Crippen molar-refractivity contribution in [2.75, 3.05) is 0 Å². The van der Waals surface area contributed by atoms with Gasteiger partial charge in [0.2, 0.25) is 0 Å². The molecule has 0 atom stereocenters. The van der Waals surface area contributed by atoms with Crippen LogP contribution in [0.5, 0.6) is 0 Å². The third kappa shape index (κ3) is 21.4. The van der Waals surface area contributed by atoms with Crippen LogP contribution in [0.1, 0.15) is 0 Å². The fourth-order valence-electron chi connectivity index (χ4n) is 4.01. The van der Waals surface area contributed by atoms with E-state index in [-0.39, 0.29) is 0 Å². The molecular formula is O42Si42. The zero-order valence-electron chi connectivity index (χ0n) is 38.1. The molecule has 0 heterocycles. The van der Waals surface area contributed by atoms with E-state index < -0.39 is 327 Å². The molecule has 0 aliphatic rings. The molecule has 84 heteroatoms.